The van der Waals surface area contributed by atoms with E-state index in [2.05, 4.69) is 54.6 Å². The molecule has 110 valence electrons. The van der Waals surface area contributed by atoms with Gasteiger partial charge in [0.15, 0.2) is 0 Å². The van der Waals surface area contributed by atoms with E-state index in [1.807, 2.05) is 57.1 Å². The third-order valence-electron chi connectivity index (χ3n) is 2.54. The van der Waals surface area contributed by atoms with Crippen LogP contribution in [-0.4, -0.2) is 7.63 Å². The van der Waals surface area contributed by atoms with Crippen molar-refractivity contribution in [2.24, 2.45) is 0 Å². The Morgan fingerprint density at radius 1 is 0.810 bits per heavy atom. The van der Waals surface area contributed by atoms with Gasteiger partial charge in [-0.25, -0.2) is 24.3 Å². The van der Waals surface area contributed by atoms with Crippen molar-refractivity contribution in [1.29, 1.82) is 0 Å². The first-order valence-electron chi connectivity index (χ1n) is 6.22. The first-order valence-corrected chi connectivity index (χ1v) is 10.2. The standard InChI is InChI=1S/C12H11.C5H5.2BrH.H2Si.Ti/c1-2-6-11(7-3-1)10-12-8-4-5-9-12;1-2-4-5-3-1;;;;/h1-9H,10H2;1-5H;2*1H;1H2;/q2*-1;;;;+2/p-2. The molecule has 0 atom stereocenters. The molecule has 0 aromatic heterocycles. The monoisotopic (exact) mass is 456 g/mol. The van der Waals surface area contributed by atoms with Gasteiger partial charge in [-0.05, 0) is 6.42 Å². The molecule has 0 fully saturated rings. The molecule has 4 heteroatoms. The molecule has 0 saturated heterocycles. The molecule has 0 N–H and O–H groups in total. The number of hydrogen-bond donors (Lipinski definition) is 0. The van der Waals surface area contributed by atoms with Crippen molar-refractivity contribution < 1.29 is 53.1 Å². The van der Waals surface area contributed by atoms with Crippen LogP contribution in [0.3, 0.4) is 0 Å². The third kappa shape index (κ3) is 11.1. The van der Waals surface area contributed by atoms with Crippen molar-refractivity contribution in [2.75, 3.05) is 0 Å². The normalized spacial score (nSPS) is 7.90. The second kappa shape index (κ2) is 16.2. The van der Waals surface area contributed by atoms with Crippen LogP contribution in [0.15, 0.2) is 84.9 Å². The second-order valence-electron chi connectivity index (χ2n) is 3.92. The molecule has 0 amide bonds. The Kier molecular flexibility index (Phi) is 17.8. The average molecular weight is 458 g/mol. The van der Waals surface area contributed by atoms with Gasteiger partial charge >= 0.3 is 26.8 Å². The first-order chi connectivity index (χ1) is 9.45. The van der Waals surface area contributed by atoms with Crippen molar-refractivity contribution in [3.63, 3.8) is 0 Å². The summed E-state index contributed by atoms with van der Waals surface area (Å²) in [6.07, 6.45) is 1.05. The maximum absolute atomic E-state index is 2.16. The van der Waals surface area contributed by atoms with Gasteiger partial charge in [0.25, 0.3) is 0 Å². The van der Waals surface area contributed by atoms with Crippen LogP contribution in [0, 0.1) is 0 Å². The Labute approximate surface area is 162 Å². The largest absolute Gasteiger partial charge is 0.214 e. The molecule has 3 rings (SSSR count). The van der Waals surface area contributed by atoms with Gasteiger partial charge in [-0.3, -0.25) is 0 Å². The maximum atomic E-state index is 2.16. The fourth-order valence-electron chi connectivity index (χ4n) is 1.68. The molecule has 21 heavy (non-hydrogen) atoms. The number of benzene rings is 1. The summed E-state index contributed by atoms with van der Waals surface area (Å²) < 4.78 is 0. The van der Waals surface area contributed by atoms with Crippen LogP contribution in [0.5, 0.6) is 0 Å². The topological polar surface area (TPSA) is 0 Å². The first kappa shape index (κ1) is 23.1. The zero-order valence-corrected chi connectivity index (χ0v) is 17.9. The van der Waals surface area contributed by atoms with Crippen LogP contribution in [0.1, 0.15) is 11.1 Å². The summed E-state index contributed by atoms with van der Waals surface area (Å²) in [5, 5.41) is 0. The van der Waals surface area contributed by atoms with Crippen molar-refractivity contribution >= 4 is 7.63 Å². The summed E-state index contributed by atoms with van der Waals surface area (Å²) in [4.78, 5) is 0. The SMILES string of the molecule is [Br-].[Br-].[SiH2]=[Ti+2].c1cc[cH-]c1.c1ccc(C[c-]2cccc2)cc1. The number of rotatable bonds is 2. The Balaban J connectivity index is 0. The van der Waals surface area contributed by atoms with E-state index < -0.39 is 0 Å². The van der Waals surface area contributed by atoms with Crippen molar-refractivity contribution in [1.82, 2.24) is 0 Å². The number of halogens is 2. The van der Waals surface area contributed by atoms with Gasteiger partial charge in [-0.2, -0.15) is 35.9 Å². The molecule has 3 aromatic rings. The summed E-state index contributed by atoms with van der Waals surface area (Å²) in [7, 11) is 1.86. The summed E-state index contributed by atoms with van der Waals surface area (Å²) in [5.41, 5.74) is 2.77. The van der Waals surface area contributed by atoms with E-state index in [1.54, 1.807) is 0 Å². The Hall–Kier alpha value is -0.189. The van der Waals surface area contributed by atoms with E-state index in [1.165, 1.54) is 11.1 Å². The molecule has 0 aliphatic heterocycles. The van der Waals surface area contributed by atoms with Crippen LogP contribution < -0.4 is 34.0 Å². The van der Waals surface area contributed by atoms with E-state index in [9.17, 15) is 0 Å². The van der Waals surface area contributed by atoms with Crippen molar-refractivity contribution in [3.8, 4) is 0 Å². The molecule has 0 aliphatic carbocycles. The molecule has 3 aromatic carbocycles. The molecule has 0 nitrogen and oxygen atoms in total. The molecule has 0 spiro atoms. The minimum absolute atomic E-state index is 0. The smallest absolute Gasteiger partial charge is 0.0485 e. The van der Waals surface area contributed by atoms with Crippen LogP contribution in [-0.2, 0) is 25.6 Å². The van der Waals surface area contributed by atoms with Gasteiger partial charge in [0.2, 0.25) is 0 Å². The van der Waals surface area contributed by atoms with E-state index in [0.29, 0.717) is 0 Å². The molecular formula is C17H18Br2SiTi-2. The van der Waals surface area contributed by atoms with Crippen molar-refractivity contribution in [3.05, 3.63) is 96.1 Å². The van der Waals surface area contributed by atoms with E-state index in [0.717, 1.165) is 6.42 Å². The quantitative estimate of drug-likeness (QED) is 0.295. The summed E-state index contributed by atoms with van der Waals surface area (Å²) in [6.45, 7) is 0. The van der Waals surface area contributed by atoms with Gasteiger partial charge < -0.3 is 34.0 Å². The van der Waals surface area contributed by atoms with Crippen LogP contribution in [0.4, 0.5) is 0 Å². The number of hydrogen-bond acceptors (Lipinski definition) is 0. The molecule has 0 heterocycles. The molecule has 0 bridgehead atoms. The average Bonchev–Trinajstić information content (AvgIpc) is 3.18. The second-order valence-corrected chi connectivity index (χ2v) is 3.92. The molecular weight excluding hydrogens is 440 g/mol. The minimum atomic E-state index is 0. The van der Waals surface area contributed by atoms with Crippen LogP contribution in [0.2, 0.25) is 0 Å². The van der Waals surface area contributed by atoms with E-state index in [-0.39, 0.29) is 34.0 Å². The van der Waals surface area contributed by atoms with Gasteiger partial charge in [0.05, 0.1) is 0 Å². The molecule has 0 radical (unpaired) electrons. The van der Waals surface area contributed by atoms with Crippen LogP contribution in [0.25, 0.3) is 0 Å². The third-order valence-corrected chi connectivity index (χ3v) is 2.54. The van der Waals surface area contributed by atoms with Crippen LogP contribution >= 0.6 is 0 Å². The zero-order chi connectivity index (χ0) is 13.8. The Morgan fingerprint density at radius 3 is 1.76 bits per heavy atom. The maximum Gasteiger partial charge on any atom is -0.0485 e. The van der Waals surface area contributed by atoms with Gasteiger partial charge in [0.1, 0.15) is 0 Å². The molecule has 0 saturated carbocycles. The Morgan fingerprint density at radius 2 is 1.33 bits per heavy atom. The van der Waals surface area contributed by atoms with Gasteiger partial charge in [0, 0.05) is 0 Å². The molecule has 0 aliphatic rings. The van der Waals surface area contributed by atoms with Gasteiger partial charge in [-0.1, -0.05) is 35.9 Å². The fourth-order valence-corrected chi connectivity index (χ4v) is 1.68. The summed E-state index contributed by atoms with van der Waals surface area (Å²) >= 11 is 2.03. The summed E-state index contributed by atoms with van der Waals surface area (Å²) in [6, 6.07) is 29.0. The van der Waals surface area contributed by atoms with Crippen molar-refractivity contribution in [2.45, 2.75) is 6.42 Å². The van der Waals surface area contributed by atoms with E-state index >= 15 is 0 Å². The predicted octanol–water partition coefficient (Wildman–Crippen LogP) is -2.51. The predicted molar refractivity (Wildman–Crippen MR) is 81.9 cm³/mol. The minimum Gasteiger partial charge on any atom is -0.214 e. The fraction of sp³-hybridized carbons (Fsp3) is 0.0588. The van der Waals surface area contributed by atoms with Gasteiger partial charge in [-0.15, -0.1) is 0 Å². The molecule has 0 unspecified atom stereocenters. The van der Waals surface area contributed by atoms with E-state index in [4.69, 9.17) is 0 Å². The Bertz CT molecular complexity index is 490. The summed E-state index contributed by atoms with van der Waals surface area (Å²) in [5.74, 6) is 0. The zero-order valence-electron chi connectivity index (χ0n) is 11.8.